The van der Waals surface area contributed by atoms with Crippen LogP contribution < -0.4 is 5.73 Å². The summed E-state index contributed by atoms with van der Waals surface area (Å²) in [4.78, 5) is 19.1. The molecule has 8 heteroatoms. The highest BCUT2D eigenvalue weighted by Crippen LogP contribution is 2.12. The summed E-state index contributed by atoms with van der Waals surface area (Å²) in [7, 11) is 0. The van der Waals surface area contributed by atoms with Crippen molar-refractivity contribution >= 4 is 28.1 Å². The minimum atomic E-state index is -1.27. The van der Waals surface area contributed by atoms with Gasteiger partial charge in [0.05, 0.1) is 6.61 Å². The first-order chi connectivity index (χ1) is 7.15. The molecule has 0 aromatic carbocycles. The highest BCUT2D eigenvalue weighted by atomic mass is 32.1. The van der Waals surface area contributed by atoms with E-state index in [0.717, 1.165) is 11.3 Å². The maximum Gasteiger partial charge on any atom is 0.360 e. The predicted molar refractivity (Wildman–Crippen MR) is 53.7 cm³/mol. The molecule has 0 aliphatic heterocycles. The molecule has 0 bridgehead atoms. The number of aromatic nitrogens is 1. The Balaban J connectivity index is 2.83. The number of hydrogen-bond donors (Lipinski definition) is 3. The number of nitrogen functional groups attached to an aromatic ring is 1. The molecule has 1 aromatic rings. The number of rotatable bonds is 5. The minimum absolute atomic E-state index is 0.0730. The highest BCUT2D eigenvalue weighted by molar-refractivity contribution is 7.13. The molecule has 0 fully saturated rings. The monoisotopic (exact) mass is 231 g/mol. The number of aliphatic carboxylic acids is 1. The predicted octanol–water partition coefficient (Wildman–Crippen LogP) is -0.477. The lowest BCUT2D eigenvalue weighted by atomic mass is 10.3. The zero-order valence-electron chi connectivity index (χ0n) is 7.58. The second kappa shape index (κ2) is 5.27. The first kappa shape index (κ1) is 11.4. The lowest BCUT2D eigenvalue weighted by Crippen LogP contribution is -2.16. The maximum atomic E-state index is 10.8. The average molecular weight is 231 g/mol. The number of aliphatic hydroxyl groups excluding tert-OH is 1. The number of carbonyl (C=O) groups is 1. The molecule has 0 unspecified atom stereocenters. The summed E-state index contributed by atoms with van der Waals surface area (Å²) < 4.78 is 0. The van der Waals surface area contributed by atoms with Crippen molar-refractivity contribution in [3.05, 3.63) is 11.1 Å². The first-order valence-corrected chi connectivity index (χ1v) is 4.78. The van der Waals surface area contributed by atoms with Crippen LogP contribution in [0.2, 0.25) is 0 Å². The molecule has 0 atom stereocenters. The van der Waals surface area contributed by atoms with E-state index in [9.17, 15) is 4.79 Å². The summed E-state index contributed by atoms with van der Waals surface area (Å²) in [6.07, 6.45) is 0. The van der Waals surface area contributed by atoms with Gasteiger partial charge >= 0.3 is 5.97 Å². The third kappa shape index (κ3) is 3.18. The van der Waals surface area contributed by atoms with Gasteiger partial charge in [-0.15, -0.1) is 11.3 Å². The summed E-state index contributed by atoms with van der Waals surface area (Å²) in [5, 5.41) is 22.3. The molecule has 0 saturated carbocycles. The lowest BCUT2D eigenvalue weighted by Gasteiger charge is -1.97. The van der Waals surface area contributed by atoms with Crippen LogP contribution >= 0.6 is 11.3 Å². The Labute approximate surface area is 88.8 Å². The normalized spacial score (nSPS) is 11.4. The van der Waals surface area contributed by atoms with Crippen molar-refractivity contribution in [1.29, 1.82) is 0 Å². The Hall–Kier alpha value is -1.67. The van der Waals surface area contributed by atoms with Gasteiger partial charge in [0.2, 0.25) is 5.71 Å². The van der Waals surface area contributed by atoms with E-state index in [2.05, 4.69) is 15.0 Å². The van der Waals surface area contributed by atoms with Crippen molar-refractivity contribution in [1.82, 2.24) is 4.98 Å². The van der Waals surface area contributed by atoms with Crippen LogP contribution in [-0.4, -0.2) is 40.1 Å². The molecule has 82 valence electrons. The standard InChI is InChI=1S/C7H9N3O4S/c8-7-9-4(3-15-7)5(6(12)13)10-14-2-1-11/h3,11H,1-2H2,(H2,8,9)(H,12,13)/b10-5-. The summed E-state index contributed by atoms with van der Waals surface area (Å²) in [5.41, 5.74) is 5.15. The fraction of sp³-hybridized carbons (Fsp3) is 0.286. The van der Waals surface area contributed by atoms with Crippen molar-refractivity contribution in [3.63, 3.8) is 0 Å². The number of nitrogens with two attached hydrogens (primary N) is 1. The number of anilines is 1. The largest absolute Gasteiger partial charge is 0.476 e. The SMILES string of the molecule is Nc1nc(/C(=N/OCCO)C(=O)O)cs1. The van der Waals surface area contributed by atoms with E-state index in [1.807, 2.05) is 0 Å². The fourth-order valence-electron chi connectivity index (χ4n) is 0.743. The molecule has 0 saturated heterocycles. The quantitative estimate of drug-likeness (QED) is 0.358. The zero-order chi connectivity index (χ0) is 11.3. The summed E-state index contributed by atoms with van der Waals surface area (Å²) in [5.74, 6) is -1.27. The smallest absolute Gasteiger partial charge is 0.360 e. The zero-order valence-corrected chi connectivity index (χ0v) is 8.40. The molecule has 1 aromatic heterocycles. The van der Waals surface area contributed by atoms with Crippen molar-refractivity contribution in [2.24, 2.45) is 5.16 Å². The van der Waals surface area contributed by atoms with Gasteiger partial charge in [0, 0.05) is 5.38 Å². The van der Waals surface area contributed by atoms with Crippen molar-refractivity contribution in [2.75, 3.05) is 18.9 Å². The molecular formula is C7H9N3O4S. The molecule has 0 amide bonds. The summed E-state index contributed by atoms with van der Waals surface area (Å²) in [6, 6.07) is 0. The topological polar surface area (TPSA) is 118 Å². The fourth-order valence-corrected chi connectivity index (χ4v) is 1.29. The number of oxime groups is 1. The average Bonchev–Trinajstić information content (AvgIpc) is 2.59. The van der Waals surface area contributed by atoms with E-state index in [1.165, 1.54) is 5.38 Å². The number of thiazole rings is 1. The van der Waals surface area contributed by atoms with E-state index in [0.29, 0.717) is 0 Å². The first-order valence-electron chi connectivity index (χ1n) is 3.90. The van der Waals surface area contributed by atoms with Crippen LogP contribution in [0.3, 0.4) is 0 Å². The maximum absolute atomic E-state index is 10.8. The Morgan fingerprint density at radius 2 is 2.47 bits per heavy atom. The number of carboxylic acids is 1. The van der Waals surface area contributed by atoms with Crippen LogP contribution in [0.1, 0.15) is 5.69 Å². The van der Waals surface area contributed by atoms with Crippen molar-refractivity contribution in [2.45, 2.75) is 0 Å². The number of hydrogen-bond acceptors (Lipinski definition) is 7. The Morgan fingerprint density at radius 1 is 1.73 bits per heavy atom. The molecular weight excluding hydrogens is 222 g/mol. The van der Waals surface area contributed by atoms with Crippen LogP contribution in [0.5, 0.6) is 0 Å². The number of nitrogens with zero attached hydrogens (tertiary/aromatic N) is 2. The van der Waals surface area contributed by atoms with Crippen LogP contribution in [0.15, 0.2) is 10.5 Å². The third-order valence-corrected chi connectivity index (χ3v) is 1.98. The van der Waals surface area contributed by atoms with Gasteiger partial charge in [-0.1, -0.05) is 5.16 Å². The van der Waals surface area contributed by atoms with Crippen molar-refractivity contribution in [3.8, 4) is 0 Å². The molecule has 0 radical (unpaired) electrons. The molecule has 4 N–H and O–H groups in total. The lowest BCUT2D eigenvalue weighted by molar-refractivity contribution is -0.129. The minimum Gasteiger partial charge on any atom is -0.476 e. The van der Waals surface area contributed by atoms with Gasteiger partial charge in [0.25, 0.3) is 0 Å². The Bertz CT molecular complexity index is 376. The molecule has 0 spiro atoms. The van der Waals surface area contributed by atoms with Gasteiger partial charge in [-0.3, -0.25) is 0 Å². The summed E-state index contributed by atoms with van der Waals surface area (Å²) in [6.45, 7) is -0.313. The third-order valence-electron chi connectivity index (χ3n) is 1.31. The molecule has 0 aliphatic rings. The number of aliphatic hydroxyl groups is 1. The molecule has 15 heavy (non-hydrogen) atoms. The number of carboxylic acid groups (broad SMARTS) is 1. The van der Waals surface area contributed by atoms with E-state index in [4.69, 9.17) is 15.9 Å². The van der Waals surface area contributed by atoms with Gasteiger partial charge in [0.1, 0.15) is 12.3 Å². The van der Waals surface area contributed by atoms with E-state index in [1.54, 1.807) is 0 Å². The second-order valence-corrected chi connectivity index (χ2v) is 3.26. The van der Waals surface area contributed by atoms with Gasteiger partial charge in [-0.25, -0.2) is 9.78 Å². The Morgan fingerprint density at radius 3 is 2.93 bits per heavy atom. The van der Waals surface area contributed by atoms with Gasteiger partial charge in [0.15, 0.2) is 5.13 Å². The molecule has 7 nitrogen and oxygen atoms in total. The van der Waals surface area contributed by atoms with E-state index >= 15 is 0 Å². The van der Waals surface area contributed by atoms with Crippen LogP contribution in [0.25, 0.3) is 0 Å². The van der Waals surface area contributed by atoms with E-state index < -0.39 is 5.97 Å². The molecule has 0 aliphatic carbocycles. The Kier molecular flexibility index (Phi) is 4.01. The van der Waals surface area contributed by atoms with Gasteiger partial charge in [-0.2, -0.15) is 0 Å². The van der Waals surface area contributed by atoms with Gasteiger partial charge in [-0.05, 0) is 0 Å². The van der Waals surface area contributed by atoms with E-state index in [-0.39, 0.29) is 29.8 Å². The van der Waals surface area contributed by atoms with Crippen LogP contribution in [0, 0.1) is 0 Å². The molecule has 1 rings (SSSR count). The second-order valence-electron chi connectivity index (χ2n) is 2.37. The molecule has 1 heterocycles. The highest BCUT2D eigenvalue weighted by Gasteiger charge is 2.16. The summed E-state index contributed by atoms with van der Waals surface area (Å²) >= 11 is 1.11. The van der Waals surface area contributed by atoms with Crippen LogP contribution in [0.4, 0.5) is 5.13 Å². The van der Waals surface area contributed by atoms with Gasteiger partial charge < -0.3 is 20.8 Å². The van der Waals surface area contributed by atoms with Crippen molar-refractivity contribution < 1.29 is 19.8 Å². The van der Waals surface area contributed by atoms with Crippen LogP contribution in [-0.2, 0) is 9.63 Å².